The number of hydrogen-bond acceptors (Lipinski definition) is 2. The molecule has 88 valence electrons. The van der Waals surface area contributed by atoms with Crippen LogP contribution >= 0.6 is 11.8 Å². The summed E-state index contributed by atoms with van der Waals surface area (Å²) in [6, 6.07) is 6.49. The number of carbonyl (C=O) groups excluding carboxylic acids is 1. The largest absolute Gasteiger partial charge is 0.344 e. The predicted molar refractivity (Wildman–Crippen MR) is 71.0 cm³/mol. The first kappa shape index (κ1) is 12.1. The number of benzene rings is 1. The zero-order valence-corrected chi connectivity index (χ0v) is 10.5. The Bertz CT molecular complexity index is 462. The summed E-state index contributed by atoms with van der Waals surface area (Å²) < 4.78 is 0. The molecule has 0 heterocycles. The van der Waals surface area contributed by atoms with E-state index in [1.54, 1.807) is 11.8 Å². The third kappa shape index (κ3) is 3.28. The van der Waals surface area contributed by atoms with Gasteiger partial charge in [0.05, 0.1) is 12.3 Å². The number of carbonyl (C=O) groups is 1. The van der Waals surface area contributed by atoms with E-state index in [1.807, 2.05) is 0 Å². The summed E-state index contributed by atoms with van der Waals surface area (Å²) >= 11 is 1.56. The van der Waals surface area contributed by atoms with Gasteiger partial charge in [-0.25, -0.2) is 0 Å². The molecule has 0 bridgehead atoms. The van der Waals surface area contributed by atoms with E-state index in [9.17, 15) is 4.79 Å². The Morgan fingerprint density at radius 3 is 3.06 bits per heavy atom. The molecule has 0 atom stereocenters. The van der Waals surface area contributed by atoms with Crippen molar-refractivity contribution in [2.45, 2.75) is 24.2 Å². The van der Waals surface area contributed by atoms with Crippen molar-refractivity contribution in [3.8, 4) is 12.3 Å². The van der Waals surface area contributed by atoms with Crippen molar-refractivity contribution >= 4 is 17.7 Å². The molecule has 2 nitrogen and oxygen atoms in total. The van der Waals surface area contributed by atoms with Gasteiger partial charge in [-0.3, -0.25) is 4.79 Å². The van der Waals surface area contributed by atoms with Crippen LogP contribution in [-0.2, 0) is 17.6 Å². The van der Waals surface area contributed by atoms with E-state index in [2.05, 4.69) is 29.4 Å². The fraction of sp³-hybridized carbons (Fsp3) is 0.357. The third-order valence-corrected chi connectivity index (χ3v) is 3.82. The number of terminal acetylenes is 1. The third-order valence-electron chi connectivity index (χ3n) is 2.83. The first-order valence-electron chi connectivity index (χ1n) is 5.74. The Morgan fingerprint density at radius 1 is 1.41 bits per heavy atom. The fourth-order valence-electron chi connectivity index (χ4n) is 1.99. The van der Waals surface area contributed by atoms with Crippen LogP contribution in [0.4, 0.5) is 0 Å². The average molecular weight is 245 g/mol. The highest BCUT2D eigenvalue weighted by Gasteiger charge is 2.11. The van der Waals surface area contributed by atoms with Gasteiger partial charge in [-0.1, -0.05) is 12.0 Å². The summed E-state index contributed by atoms with van der Waals surface area (Å²) in [5, 5.41) is 2.66. The highest BCUT2D eigenvalue weighted by Crippen LogP contribution is 2.27. The second-order valence-electron chi connectivity index (χ2n) is 4.05. The first-order chi connectivity index (χ1) is 8.29. The molecule has 0 aromatic heterocycles. The van der Waals surface area contributed by atoms with Gasteiger partial charge in [0, 0.05) is 4.90 Å². The highest BCUT2D eigenvalue weighted by molar-refractivity contribution is 8.00. The molecule has 1 N–H and O–H groups in total. The van der Waals surface area contributed by atoms with Crippen molar-refractivity contribution in [1.29, 1.82) is 0 Å². The van der Waals surface area contributed by atoms with E-state index < -0.39 is 0 Å². The quantitative estimate of drug-likeness (QED) is 0.649. The van der Waals surface area contributed by atoms with Crippen LogP contribution in [0.3, 0.4) is 0 Å². The van der Waals surface area contributed by atoms with Crippen molar-refractivity contribution in [2.75, 3.05) is 12.3 Å². The molecular weight excluding hydrogens is 230 g/mol. The Labute approximate surface area is 106 Å². The van der Waals surface area contributed by atoms with Gasteiger partial charge in [-0.15, -0.1) is 18.2 Å². The van der Waals surface area contributed by atoms with Gasteiger partial charge >= 0.3 is 0 Å². The van der Waals surface area contributed by atoms with E-state index in [4.69, 9.17) is 6.42 Å². The Balaban J connectivity index is 1.87. The van der Waals surface area contributed by atoms with Gasteiger partial charge in [-0.2, -0.15) is 0 Å². The molecule has 0 unspecified atom stereocenters. The summed E-state index contributed by atoms with van der Waals surface area (Å²) in [7, 11) is 0. The molecule has 1 aliphatic rings. The molecule has 1 amide bonds. The average Bonchev–Trinajstić information content (AvgIpc) is 2.81. The van der Waals surface area contributed by atoms with Gasteiger partial charge in [0.25, 0.3) is 0 Å². The van der Waals surface area contributed by atoms with Crippen molar-refractivity contribution in [3.05, 3.63) is 29.3 Å². The zero-order chi connectivity index (χ0) is 12.1. The molecule has 0 saturated heterocycles. The summed E-state index contributed by atoms with van der Waals surface area (Å²) in [5.74, 6) is 2.81. The van der Waals surface area contributed by atoms with Crippen LogP contribution < -0.4 is 5.32 Å². The molecule has 3 heteroatoms. The minimum atomic E-state index is -0.00607. The molecule has 17 heavy (non-hydrogen) atoms. The lowest BCUT2D eigenvalue weighted by Gasteiger charge is -2.04. The number of thioether (sulfide) groups is 1. The van der Waals surface area contributed by atoms with Crippen molar-refractivity contribution in [1.82, 2.24) is 5.32 Å². The Morgan fingerprint density at radius 2 is 2.24 bits per heavy atom. The molecule has 1 aliphatic carbocycles. The molecule has 0 saturated carbocycles. The van der Waals surface area contributed by atoms with Gasteiger partial charge in [-0.05, 0) is 42.5 Å². The molecular formula is C14H15NOS. The van der Waals surface area contributed by atoms with Gasteiger partial charge in [0.15, 0.2) is 0 Å². The maximum Gasteiger partial charge on any atom is 0.231 e. The maximum absolute atomic E-state index is 11.4. The first-order valence-corrected chi connectivity index (χ1v) is 6.73. The molecule has 1 aromatic rings. The summed E-state index contributed by atoms with van der Waals surface area (Å²) in [6.07, 6.45) is 8.70. The van der Waals surface area contributed by atoms with E-state index >= 15 is 0 Å². The second kappa shape index (κ2) is 5.79. The SMILES string of the molecule is C#CCNC(=O)CSc1ccc2c(c1)CCC2. The molecule has 0 spiro atoms. The lowest BCUT2D eigenvalue weighted by Crippen LogP contribution is -2.25. The predicted octanol–water partition coefficient (Wildman–Crippen LogP) is 2.02. The molecule has 0 aliphatic heterocycles. The summed E-state index contributed by atoms with van der Waals surface area (Å²) in [5.41, 5.74) is 2.91. The number of fused-ring (bicyclic) bond motifs is 1. The summed E-state index contributed by atoms with van der Waals surface area (Å²) in [6.45, 7) is 0.309. The number of nitrogens with one attached hydrogen (secondary N) is 1. The van der Waals surface area contributed by atoms with Crippen LogP contribution in [0.1, 0.15) is 17.5 Å². The van der Waals surface area contributed by atoms with Crippen LogP contribution in [-0.4, -0.2) is 18.2 Å². The van der Waals surface area contributed by atoms with Gasteiger partial charge < -0.3 is 5.32 Å². The van der Waals surface area contributed by atoms with Crippen LogP contribution in [0.15, 0.2) is 23.1 Å². The van der Waals surface area contributed by atoms with E-state index in [0.29, 0.717) is 12.3 Å². The molecule has 0 fully saturated rings. The standard InChI is InChI=1S/C14H15NOS/c1-2-8-15-14(16)10-17-13-7-6-11-4-3-5-12(11)9-13/h1,6-7,9H,3-5,8,10H2,(H,15,16). The van der Waals surface area contributed by atoms with Crippen LogP contribution in [0.2, 0.25) is 0 Å². The lowest BCUT2D eigenvalue weighted by molar-refractivity contribution is -0.118. The highest BCUT2D eigenvalue weighted by atomic mass is 32.2. The Hall–Kier alpha value is -1.40. The number of amides is 1. The van der Waals surface area contributed by atoms with Crippen LogP contribution in [0.25, 0.3) is 0 Å². The minimum absolute atomic E-state index is 0.00607. The lowest BCUT2D eigenvalue weighted by atomic mass is 10.1. The Kier molecular flexibility index (Phi) is 4.11. The normalized spacial score (nSPS) is 12.9. The van der Waals surface area contributed by atoms with E-state index in [1.165, 1.54) is 35.3 Å². The number of hydrogen-bond donors (Lipinski definition) is 1. The topological polar surface area (TPSA) is 29.1 Å². The molecule has 1 aromatic carbocycles. The molecule has 2 rings (SSSR count). The number of rotatable bonds is 4. The second-order valence-corrected chi connectivity index (χ2v) is 5.10. The van der Waals surface area contributed by atoms with Gasteiger partial charge in [0.2, 0.25) is 5.91 Å². The fourth-order valence-corrected chi connectivity index (χ4v) is 2.78. The molecule has 0 radical (unpaired) electrons. The maximum atomic E-state index is 11.4. The summed E-state index contributed by atoms with van der Waals surface area (Å²) in [4.78, 5) is 12.5. The van der Waals surface area contributed by atoms with E-state index in [-0.39, 0.29) is 5.91 Å². The van der Waals surface area contributed by atoms with Crippen molar-refractivity contribution in [3.63, 3.8) is 0 Å². The van der Waals surface area contributed by atoms with Crippen LogP contribution in [0, 0.1) is 12.3 Å². The van der Waals surface area contributed by atoms with Crippen LogP contribution in [0.5, 0.6) is 0 Å². The van der Waals surface area contributed by atoms with Crippen molar-refractivity contribution < 1.29 is 4.79 Å². The monoisotopic (exact) mass is 245 g/mol. The van der Waals surface area contributed by atoms with E-state index in [0.717, 1.165) is 0 Å². The number of aryl methyl sites for hydroxylation is 2. The zero-order valence-electron chi connectivity index (χ0n) is 9.66. The minimum Gasteiger partial charge on any atom is -0.344 e. The van der Waals surface area contributed by atoms with Crippen molar-refractivity contribution in [2.24, 2.45) is 0 Å². The smallest absolute Gasteiger partial charge is 0.231 e. The van der Waals surface area contributed by atoms with Gasteiger partial charge in [0.1, 0.15) is 0 Å².